The maximum Gasteiger partial charge on any atom is 0.223 e. The second kappa shape index (κ2) is 6.12. The van der Waals surface area contributed by atoms with Crippen LogP contribution in [0.15, 0.2) is 36.7 Å². The fourth-order valence-corrected chi connectivity index (χ4v) is 5.20. The van der Waals surface area contributed by atoms with Gasteiger partial charge in [-0.1, -0.05) is 18.2 Å². The van der Waals surface area contributed by atoms with Crippen LogP contribution in [0, 0.1) is 11.8 Å². The highest BCUT2D eigenvalue weighted by molar-refractivity contribution is 5.84. The SMILES string of the molecule is O=C(CC1CC1)N1C2CCC1CC(Cc1cccc3ccncc13)C2. The molecule has 3 nitrogen and oxygen atoms in total. The molecule has 2 unspecified atom stereocenters. The standard InChI is InChI=1S/C22H26N2O/c25-22(13-15-4-5-15)24-19-6-7-20(24)12-16(11-19)10-18-3-1-2-17-8-9-23-14-21(17)18/h1-3,8-9,14-16,19-20H,4-7,10-13H2. The lowest BCUT2D eigenvalue weighted by Gasteiger charge is -2.39. The number of pyridine rings is 1. The van der Waals surface area contributed by atoms with Gasteiger partial charge in [0.1, 0.15) is 0 Å². The van der Waals surface area contributed by atoms with Gasteiger partial charge in [-0.15, -0.1) is 0 Å². The normalized spacial score (nSPS) is 28.5. The van der Waals surface area contributed by atoms with Crippen LogP contribution in [0.5, 0.6) is 0 Å². The van der Waals surface area contributed by atoms with Gasteiger partial charge < -0.3 is 4.90 Å². The molecule has 2 aromatic rings. The third kappa shape index (κ3) is 2.94. The predicted molar refractivity (Wildman–Crippen MR) is 99.2 cm³/mol. The number of carbonyl (C=O) groups is 1. The van der Waals surface area contributed by atoms with Crippen LogP contribution in [0.1, 0.15) is 50.5 Å². The second-order valence-electron chi connectivity index (χ2n) is 8.39. The lowest BCUT2D eigenvalue weighted by Crippen LogP contribution is -2.47. The van der Waals surface area contributed by atoms with Crippen molar-refractivity contribution in [2.45, 2.75) is 63.5 Å². The van der Waals surface area contributed by atoms with Gasteiger partial charge in [0.2, 0.25) is 5.91 Å². The molecule has 5 rings (SSSR count). The van der Waals surface area contributed by atoms with Crippen molar-refractivity contribution in [1.29, 1.82) is 0 Å². The summed E-state index contributed by atoms with van der Waals surface area (Å²) >= 11 is 0. The van der Waals surface area contributed by atoms with Crippen molar-refractivity contribution in [2.24, 2.45) is 11.8 Å². The molecular weight excluding hydrogens is 308 g/mol. The zero-order valence-electron chi connectivity index (χ0n) is 14.7. The van der Waals surface area contributed by atoms with E-state index in [1.807, 2.05) is 12.4 Å². The molecule has 1 aromatic carbocycles. The Kier molecular flexibility index (Phi) is 3.76. The van der Waals surface area contributed by atoms with Crippen LogP contribution < -0.4 is 0 Å². The zero-order valence-corrected chi connectivity index (χ0v) is 14.7. The van der Waals surface area contributed by atoms with E-state index in [0.717, 1.165) is 12.8 Å². The summed E-state index contributed by atoms with van der Waals surface area (Å²) in [5, 5.41) is 2.58. The number of rotatable bonds is 4. The van der Waals surface area contributed by atoms with E-state index in [-0.39, 0.29) is 0 Å². The van der Waals surface area contributed by atoms with Crippen molar-refractivity contribution in [3.8, 4) is 0 Å². The summed E-state index contributed by atoms with van der Waals surface area (Å²) < 4.78 is 0. The first-order valence-electron chi connectivity index (χ1n) is 9.90. The minimum absolute atomic E-state index is 0.447. The molecule has 0 radical (unpaired) electrons. The molecule has 2 aliphatic heterocycles. The van der Waals surface area contributed by atoms with Gasteiger partial charge in [-0.05, 0) is 73.8 Å². The predicted octanol–water partition coefficient (Wildman–Crippen LogP) is 4.35. The Balaban J connectivity index is 1.31. The van der Waals surface area contributed by atoms with Crippen molar-refractivity contribution in [3.63, 3.8) is 0 Å². The molecule has 1 aromatic heterocycles. The summed E-state index contributed by atoms with van der Waals surface area (Å²) in [7, 11) is 0. The Morgan fingerprint density at radius 3 is 2.60 bits per heavy atom. The molecular formula is C22H26N2O. The van der Waals surface area contributed by atoms with Crippen molar-refractivity contribution < 1.29 is 4.79 Å². The summed E-state index contributed by atoms with van der Waals surface area (Å²) in [4.78, 5) is 19.3. The largest absolute Gasteiger partial charge is 0.337 e. The van der Waals surface area contributed by atoms with Crippen LogP contribution in [0.4, 0.5) is 0 Å². The third-order valence-electron chi connectivity index (χ3n) is 6.56. The number of benzene rings is 1. The molecule has 0 N–H and O–H groups in total. The molecule has 2 atom stereocenters. The van der Waals surface area contributed by atoms with E-state index in [9.17, 15) is 4.79 Å². The molecule has 2 bridgehead atoms. The van der Waals surface area contributed by atoms with Crippen LogP contribution in [0.3, 0.4) is 0 Å². The van der Waals surface area contributed by atoms with E-state index in [1.165, 1.54) is 54.9 Å². The molecule has 130 valence electrons. The van der Waals surface area contributed by atoms with Crippen molar-refractivity contribution in [2.75, 3.05) is 0 Å². The van der Waals surface area contributed by atoms with Gasteiger partial charge in [0.05, 0.1) is 0 Å². The Bertz CT molecular complexity index is 778. The van der Waals surface area contributed by atoms with Crippen LogP contribution >= 0.6 is 0 Å². The number of piperidine rings is 1. The maximum atomic E-state index is 12.7. The smallest absolute Gasteiger partial charge is 0.223 e. The summed E-state index contributed by atoms with van der Waals surface area (Å²) in [5.74, 6) is 1.85. The second-order valence-corrected chi connectivity index (χ2v) is 8.39. The molecule has 1 saturated carbocycles. The third-order valence-corrected chi connectivity index (χ3v) is 6.56. The first-order chi connectivity index (χ1) is 12.3. The number of amides is 1. The van der Waals surface area contributed by atoms with Gasteiger partial charge in [-0.25, -0.2) is 0 Å². The molecule has 1 amide bonds. The van der Waals surface area contributed by atoms with Gasteiger partial charge in [0.15, 0.2) is 0 Å². The Labute approximate surface area is 149 Å². The minimum Gasteiger partial charge on any atom is -0.337 e. The summed E-state index contributed by atoms with van der Waals surface area (Å²) in [6.07, 6.45) is 13.2. The number of aromatic nitrogens is 1. The van der Waals surface area contributed by atoms with Crippen molar-refractivity contribution in [1.82, 2.24) is 9.88 Å². The fraction of sp³-hybridized carbons (Fsp3) is 0.545. The van der Waals surface area contributed by atoms with E-state index < -0.39 is 0 Å². The average molecular weight is 334 g/mol. The van der Waals surface area contributed by atoms with Gasteiger partial charge in [0, 0.05) is 36.3 Å². The lowest BCUT2D eigenvalue weighted by atomic mass is 9.84. The number of carbonyl (C=O) groups excluding carboxylic acids is 1. The van der Waals surface area contributed by atoms with E-state index in [1.54, 1.807) is 0 Å². The van der Waals surface area contributed by atoms with Gasteiger partial charge >= 0.3 is 0 Å². The van der Waals surface area contributed by atoms with Gasteiger partial charge in [-0.3, -0.25) is 9.78 Å². The molecule has 3 heterocycles. The van der Waals surface area contributed by atoms with Crippen molar-refractivity contribution in [3.05, 3.63) is 42.2 Å². The van der Waals surface area contributed by atoms with E-state index in [2.05, 4.69) is 34.1 Å². The molecule has 3 fully saturated rings. The van der Waals surface area contributed by atoms with Crippen LogP contribution in [0.25, 0.3) is 10.8 Å². The monoisotopic (exact) mass is 334 g/mol. The molecule has 3 heteroatoms. The zero-order chi connectivity index (χ0) is 16.8. The lowest BCUT2D eigenvalue weighted by molar-refractivity contribution is -0.136. The van der Waals surface area contributed by atoms with Crippen LogP contribution in [-0.4, -0.2) is 27.9 Å². The first kappa shape index (κ1) is 15.4. The minimum atomic E-state index is 0.447. The highest BCUT2D eigenvalue weighted by atomic mass is 16.2. The summed E-state index contributed by atoms with van der Waals surface area (Å²) in [6.45, 7) is 0. The topological polar surface area (TPSA) is 33.2 Å². The van der Waals surface area contributed by atoms with Gasteiger partial charge in [-0.2, -0.15) is 0 Å². The fourth-order valence-electron chi connectivity index (χ4n) is 5.20. The average Bonchev–Trinajstić information content (AvgIpc) is 3.39. The Hall–Kier alpha value is -1.90. The molecule has 1 aliphatic carbocycles. The highest BCUT2D eigenvalue weighted by Gasteiger charge is 2.43. The van der Waals surface area contributed by atoms with E-state index in [0.29, 0.717) is 29.8 Å². The number of hydrogen-bond donors (Lipinski definition) is 0. The number of nitrogens with zero attached hydrogens (tertiary/aromatic N) is 2. The summed E-state index contributed by atoms with van der Waals surface area (Å²) in [6, 6.07) is 9.70. The number of hydrogen-bond acceptors (Lipinski definition) is 2. The molecule has 2 saturated heterocycles. The Morgan fingerprint density at radius 2 is 1.84 bits per heavy atom. The van der Waals surface area contributed by atoms with Gasteiger partial charge in [0.25, 0.3) is 0 Å². The molecule has 0 spiro atoms. The summed E-state index contributed by atoms with van der Waals surface area (Å²) in [5.41, 5.74) is 1.42. The maximum absolute atomic E-state index is 12.7. The highest BCUT2D eigenvalue weighted by Crippen LogP contribution is 2.42. The van der Waals surface area contributed by atoms with Crippen LogP contribution in [-0.2, 0) is 11.2 Å². The molecule has 25 heavy (non-hydrogen) atoms. The van der Waals surface area contributed by atoms with E-state index in [4.69, 9.17) is 0 Å². The van der Waals surface area contributed by atoms with Crippen molar-refractivity contribution >= 4 is 16.7 Å². The number of fused-ring (bicyclic) bond motifs is 3. The Morgan fingerprint density at radius 1 is 1.04 bits per heavy atom. The van der Waals surface area contributed by atoms with Crippen LogP contribution in [0.2, 0.25) is 0 Å². The first-order valence-corrected chi connectivity index (χ1v) is 9.90. The molecule has 3 aliphatic rings. The quantitative estimate of drug-likeness (QED) is 0.833. The van der Waals surface area contributed by atoms with E-state index >= 15 is 0 Å².